The topological polar surface area (TPSA) is 106 Å². The van der Waals surface area contributed by atoms with Crippen LogP contribution in [0, 0.1) is 17.2 Å². The summed E-state index contributed by atoms with van der Waals surface area (Å²) >= 11 is 0. The first-order chi connectivity index (χ1) is 13.7. The van der Waals surface area contributed by atoms with E-state index in [1.165, 1.54) is 0 Å². The third kappa shape index (κ3) is 2.47. The largest absolute Gasteiger partial charge is 0.355 e. The number of hydrogen-bond acceptors (Lipinski definition) is 5. The van der Waals surface area contributed by atoms with Crippen LogP contribution in [0.15, 0.2) is 41.6 Å². The normalized spacial score (nSPS) is 19.9. The first-order valence-electron chi connectivity index (χ1n) is 9.33. The fraction of sp³-hybridized carbons (Fsp3) is 0.300. The molecule has 1 aliphatic rings. The van der Waals surface area contributed by atoms with Gasteiger partial charge in [-0.1, -0.05) is 6.92 Å². The number of H-pyrrole nitrogens is 2. The number of fused-ring (bicyclic) bond motifs is 3. The van der Waals surface area contributed by atoms with E-state index in [-0.39, 0.29) is 11.7 Å². The van der Waals surface area contributed by atoms with Crippen LogP contribution in [0.1, 0.15) is 24.9 Å². The molecule has 0 unspecified atom stereocenters. The molecule has 0 saturated carbocycles. The van der Waals surface area contributed by atoms with E-state index in [9.17, 15) is 4.79 Å². The van der Waals surface area contributed by atoms with Gasteiger partial charge in [0.1, 0.15) is 17.5 Å². The summed E-state index contributed by atoms with van der Waals surface area (Å²) in [5.41, 5.74) is 2.84. The van der Waals surface area contributed by atoms with E-state index in [1.54, 1.807) is 18.5 Å². The lowest BCUT2D eigenvalue weighted by atomic mass is 9.93. The Morgan fingerprint density at radius 2 is 2.14 bits per heavy atom. The van der Waals surface area contributed by atoms with Crippen molar-refractivity contribution in [2.45, 2.75) is 19.4 Å². The van der Waals surface area contributed by atoms with Gasteiger partial charge in [0.25, 0.3) is 0 Å². The first-order valence-corrected chi connectivity index (χ1v) is 9.33. The van der Waals surface area contributed by atoms with Gasteiger partial charge in [0, 0.05) is 30.9 Å². The van der Waals surface area contributed by atoms with Gasteiger partial charge < -0.3 is 14.9 Å². The summed E-state index contributed by atoms with van der Waals surface area (Å²) in [6, 6.07) is 7.72. The van der Waals surface area contributed by atoms with Crippen LogP contribution in [0.4, 0.5) is 5.82 Å². The monoisotopic (exact) mass is 373 g/mol. The van der Waals surface area contributed by atoms with Crippen LogP contribution < -0.4 is 10.6 Å². The Labute approximate surface area is 160 Å². The minimum absolute atomic E-state index is 0.00735. The van der Waals surface area contributed by atoms with Gasteiger partial charge in [0.2, 0.25) is 0 Å². The maximum absolute atomic E-state index is 12.9. The van der Waals surface area contributed by atoms with Crippen molar-refractivity contribution in [3.05, 3.63) is 52.8 Å². The third-order valence-corrected chi connectivity index (χ3v) is 5.71. The molecule has 0 bridgehead atoms. The highest BCUT2D eigenvalue weighted by molar-refractivity contribution is 6.00. The van der Waals surface area contributed by atoms with Crippen molar-refractivity contribution in [1.82, 2.24) is 24.5 Å². The van der Waals surface area contributed by atoms with Crippen molar-refractivity contribution in [1.29, 1.82) is 5.26 Å². The molecule has 0 amide bonds. The van der Waals surface area contributed by atoms with E-state index < -0.39 is 0 Å². The zero-order chi connectivity index (χ0) is 19.3. The summed E-state index contributed by atoms with van der Waals surface area (Å²) in [5.74, 6) is 1.17. The summed E-state index contributed by atoms with van der Waals surface area (Å²) in [7, 11) is 0. The van der Waals surface area contributed by atoms with E-state index in [4.69, 9.17) is 5.26 Å². The number of imidazole rings is 1. The Morgan fingerprint density at radius 1 is 1.25 bits per heavy atom. The number of nitrogens with zero attached hydrogens (tertiary/aromatic N) is 5. The van der Waals surface area contributed by atoms with Gasteiger partial charge in [-0.05, 0) is 30.5 Å². The van der Waals surface area contributed by atoms with Crippen LogP contribution in [0.5, 0.6) is 0 Å². The number of anilines is 1. The average molecular weight is 373 g/mol. The first kappa shape index (κ1) is 16.6. The number of nitrogens with one attached hydrogen (secondary N) is 2. The van der Waals surface area contributed by atoms with Crippen molar-refractivity contribution in [2.24, 2.45) is 5.92 Å². The minimum atomic E-state index is -0.114. The third-order valence-electron chi connectivity index (χ3n) is 5.71. The Morgan fingerprint density at radius 3 is 2.93 bits per heavy atom. The van der Waals surface area contributed by atoms with Crippen LogP contribution >= 0.6 is 0 Å². The number of rotatable bonds is 2. The standard InChI is InChI=1S/C20H19N7O/c1-12-5-7-26(17-3-2-13(8-21)9-23-17)11-16(12)27-18-14-4-6-22-19(14)24-10-15(18)25-20(27)28/h2-4,6,9-10,12,16H,5,7,11H2,1H3,(H,22,24)(H,25,28)/t12-,16+/m1/s1. The molecule has 2 N–H and O–H groups in total. The Kier molecular flexibility index (Phi) is 3.69. The van der Waals surface area contributed by atoms with Crippen LogP contribution in [0.3, 0.4) is 0 Å². The molecule has 28 heavy (non-hydrogen) atoms. The van der Waals surface area contributed by atoms with E-state index in [0.717, 1.165) is 40.9 Å². The lowest BCUT2D eigenvalue weighted by Gasteiger charge is -2.38. The number of hydrogen-bond donors (Lipinski definition) is 2. The van der Waals surface area contributed by atoms with Crippen LogP contribution in [0.25, 0.3) is 22.1 Å². The molecule has 0 radical (unpaired) electrons. The van der Waals surface area contributed by atoms with Crippen molar-refractivity contribution in [2.75, 3.05) is 18.0 Å². The summed E-state index contributed by atoms with van der Waals surface area (Å²) < 4.78 is 1.88. The zero-order valence-corrected chi connectivity index (χ0v) is 15.4. The van der Waals surface area contributed by atoms with Gasteiger partial charge in [0.15, 0.2) is 0 Å². The summed E-state index contributed by atoms with van der Waals surface area (Å²) in [6.45, 7) is 3.74. The van der Waals surface area contributed by atoms with Gasteiger partial charge in [-0.15, -0.1) is 0 Å². The molecule has 0 aliphatic carbocycles. The van der Waals surface area contributed by atoms with E-state index in [0.29, 0.717) is 18.0 Å². The SMILES string of the molecule is C[C@@H]1CCN(c2ccc(C#N)cn2)C[C@@H]1n1c(=O)[nH]c2cnc3[nH]ccc3c21. The molecule has 1 fully saturated rings. The molecule has 140 valence electrons. The molecule has 1 aliphatic heterocycles. The van der Waals surface area contributed by atoms with Gasteiger partial charge in [-0.2, -0.15) is 5.26 Å². The van der Waals surface area contributed by atoms with Gasteiger partial charge in [-0.25, -0.2) is 14.8 Å². The van der Waals surface area contributed by atoms with E-state index >= 15 is 0 Å². The number of pyridine rings is 2. The second kappa shape index (κ2) is 6.23. The molecule has 1 saturated heterocycles. The quantitative estimate of drug-likeness (QED) is 0.562. The van der Waals surface area contributed by atoms with Gasteiger partial charge in [0.05, 0.1) is 28.8 Å². The van der Waals surface area contributed by atoms with E-state index in [2.05, 4.69) is 37.8 Å². The van der Waals surface area contributed by atoms with Crippen molar-refractivity contribution in [3.8, 4) is 6.07 Å². The second-order valence-electron chi connectivity index (χ2n) is 7.36. The minimum Gasteiger partial charge on any atom is -0.355 e. The van der Waals surface area contributed by atoms with Crippen LogP contribution in [-0.2, 0) is 0 Å². The average Bonchev–Trinajstić information content (AvgIpc) is 3.32. The predicted molar refractivity (Wildman–Crippen MR) is 106 cm³/mol. The summed E-state index contributed by atoms with van der Waals surface area (Å²) in [4.78, 5) is 30.0. The van der Waals surface area contributed by atoms with Crippen molar-refractivity contribution in [3.63, 3.8) is 0 Å². The fourth-order valence-electron chi connectivity index (χ4n) is 4.17. The molecule has 0 spiro atoms. The van der Waals surface area contributed by atoms with Crippen LogP contribution in [0.2, 0.25) is 0 Å². The molecule has 2 atom stereocenters. The summed E-state index contributed by atoms with van der Waals surface area (Å²) in [5, 5.41) is 9.93. The van der Waals surface area contributed by atoms with Crippen molar-refractivity contribution >= 4 is 27.9 Å². The molecule has 0 aromatic carbocycles. The molecule has 4 aromatic heterocycles. The lowest BCUT2D eigenvalue weighted by molar-refractivity contribution is 0.299. The Hall–Kier alpha value is -3.60. The maximum Gasteiger partial charge on any atom is 0.326 e. The number of aromatic amines is 2. The lowest BCUT2D eigenvalue weighted by Crippen LogP contribution is -2.43. The molecule has 5 rings (SSSR count). The predicted octanol–water partition coefficient (Wildman–Crippen LogP) is 2.56. The smallest absolute Gasteiger partial charge is 0.326 e. The molecule has 5 heterocycles. The second-order valence-corrected chi connectivity index (χ2v) is 7.36. The van der Waals surface area contributed by atoms with Gasteiger partial charge in [-0.3, -0.25) is 4.57 Å². The highest BCUT2D eigenvalue weighted by atomic mass is 16.1. The summed E-state index contributed by atoms with van der Waals surface area (Å²) in [6.07, 6.45) is 6.10. The molecular formula is C20H19N7O. The number of aromatic nitrogens is 5. The van der Waals surface area contributed by atoms with E-state index in [1.807, 2.05) is 22.9 Å². The highest BCUT2D eigenvalue weighted by Crippen LogP contribution is 2.32. The van der Waals surface area contributed by atoms with Gasteiger partial charge >= 0.3 is 5.69 Å². The molecular weight excluding hydrogens is 354 g/mol. The number of piperidine rings is 1. The Balaban J connectivity index is 1.59. The zero-order valence-electron chi connectivity index (χ0n) is 15.4. The molecule has 8 nitrogen and oxygen atoms in total. The molecule has 4 aromatic rings. The fourth-order valence-corrected chi connectivity index (χ4v) is 4.17. The van der Waals surface area contributed by atoms with Crippen molar-refractivity contribution < 1.29 is 0 Å². The maximum atomic E-state index is 12.9. The Bertz CT molecular complexity index is 1260. The molecule has 8 heteroatoms. The number of nitriles is 1. The highest BCUT2D eigenvalue weighted by Gasteiger charge is 2.31. The van der Waals surface area contributed by atoms with Crippen LogP contribution in [-0.4, -0.2) is 37.6 Å².